The number of rotatable bonds is 9. The molecule has 0 saturated carbocycles. The second-order valence-corrected chi connectivity index (χ2v) is 8.07. The Balaban J connectivity index is 1.59. The van der Waals surface area contributed by atoms with Crippen LogP contribution in [0.2, 0.25) is 10.0 Å². The highest BCUT2D eigenvalue weighted by molar-refractivity contribution is 6.35. The molecule has 1 atom stereocenters. The van der Waals surface area contributed by atoms with Crippen molar-refractivity contribution in [3.63, 3.8) is 0 Å². The molecule has 1 aliphatic heterocycles. The number of hydrogen-bond acceptors (Lipinski definition) is 6. The maximum atomic E-state index is 11.9. The normalized spacial score (nSPS) is 15.4. The van der Waals surface area contributed by atoms with Crippen molar-refractivity contribution in [2.75, 3.05) is 19.8 Å². The minimum absolute atomic E-state index is 0.0511. The molecule has 2 aromatic rings. The third kappa shape index (κ3) is 7.63. The van der Waals surface area contributed by atoms with Gasteiger partial charge in [-0.1, -0.05) is 35.3 Å². The number of amides is 2. The minimum atomic E-state index is -0.872. The minimum Gasteiger partial charge on any atom is -0.490 e. The predicted molar refractivity (Wildman–Crippen MR) is 126 cm³/mol. The van der Waals surface area contributed by atoms with Crippen molar-refractivity contribution in [2.45, 2.75) is 32.5 Å². The Kier molecular flexibility index (Phi) is 9.35. The summed E-state index contributed by atoms with van der Waals surface area (Å²) in [5.41, 5.74) is 3.67. The zero-order valence-corrected chi connectivity index (χ0v) is 19.6. The van der Waals surface area contributed by atoms with Gasteiger partial charge in [0.05, 0.1) is 23.9 Å². The Bertz CT molecular complexity index is 992. The fraction of sp³-hybridized carbons (Fsp3) is 0.348. The van der Waals surface area contributed by atoms with Crippen molar-refractivity contribution >= 4 is 41.2 Å². The molecule has 0 radical (unpaired) electrons. The van der Waals surface area contributed by atoms with Gasteiger partial charge in [-0.15, -0.1) is 0 Å². The molecule has 0 spiro atoms. The molecule has 33 heavy (non-hydrogen) atoms. The Morgan fingerprint density at radius 1 is 1.18 bits per heavy atom. The molecule has 0 aliphatic carbocycles. The fourth-order valence-electron chi connectivity index (χ4n) is 3.11. The van der Waals surface area contributed by atoms with Gasteiger partial charge < -0.3 is 19.5 Å². The summed E-state index contributed by atoms with van der Waals surface area (Å²) in [6.07, 6.45) is 3.13. The molecule has 1 heterocycles. The molecule has 1 saturated heterocycles. The lowest BCUT2D eigenvalue weighted by molar-refractivity contribution is -0.139. The predicted octanol–water partition coefficient (Wildman–Crippen LogP) is 3.72. The molecule has 2 N–H and O–H groups in total. The average molecular weight is 494 g/mol. The van der Waals surface area contributed by atoms with E-state index in [9.17, 15) is 9.59 Å². The molecule has 2 amide bonds. The number of hydrogen-bond donors (Lipinski definition) is 2. The van der Waals surface area contributed by atoms with E-state index in [0.717, 1.165) is 18.4 Å². The lowest BCUT2D eigenvalue weighted by atomic mass is 10.2. The van der Waals surface area contributed by atoms with E-state index in [1.54, 1.807) is 24.3 Å². The van der Waals surface area contributed by atoms with Gasteiger partial charge in [0.15, 0.2) is 11.5 Å². The number of carbonyl (C=O) groups is 2. The van der Waals surface area contributed by atoms with Gasteiger partial charge in [-0.05, 0) is 55.2 Å². The largest absolute Gasteiger partial charge is 0.490 e. The van der Waals surface area contributed by atoms with Crippen LogP contribution in [0.5, 0.6) is 11.5 Å². The fourth-order valence-corrected chi connectivity index (χ4v) is 3.51. The lowest BCUT2D eigenvalue weighted by Crippen LogP contribution is -2.41. The van der Waals surface area contributed by atoms with E-state index in [0.29, 0.717) is 46.9 Å². The zero-order chi connectivity index (χ0) is 23.6. The van der Waals surface area contributed by atoms with Crippen molar-refractivity contribution in [1.82, 2.24) is 10.7 Å². The van der Waals surface area contributed by atoms with Crippen LogP contribution in [0.15, 0.2) is 41.5 Å². The van der Waals surface area contributed by atoms with Crippen molar-refractivity contribution in [3.8, 4) is 11.5 Å². The number of nitrogens with one attached hydrogen (secondary N) is 2. The van der Waals surface area contributed by atoms with Gasteiger partial charge in [-0.2, -0.15) is 5.10 Å². The lowest BCUT2D eigenvalue weighted by Gasteiger charge is -2.14. The third-order valence-corrected chi connectivity index (χ3v) is 5.26. The first-order valence-corrected chi connectivity index (χ1v) is 11.3. The second-order valence-electron chi connectivity index (χ2n) is 7.22. The maximum Gasteiger partial charge on any atom is 0.329 e. The van der Waals surface area contributed by atoms with Crippen LogP contribution < -0.4 is 20.2 Å². The summed E-state index contributed by atoms with van der Waals surface area (Å²) < 4.78 is 16.9. The number of halogens is 2. The average Bonchev–Trinajstić information content (AvgIpc) is 3.32. The van der Waals surface area contributed by atoms with E-state index in [4.69, 9.17) is 37.4 Å². The molecule has 0 bridgehead atoms. The Labute approximate surface area is 202 Å². The molecular formula is C23H25Cl2N3O5. The third-order valence-electron chi connectivity index (χ3n) is 4.73. The van der Waals surface area contributed by atoms with Crippen LogP contribution in [-0.4, -0.2) is 43.9 Å². The summed E-state index contributed by atoms with van der Waals surface area (Å²) in [7, 11) is 0. The Hall–Kier alpha value is -2.81. The van der Waals surface area contributed by atoms with E-state index in [-0.39, 0.29) is 12.7 Å². The summed E-state index contributed by atoms with van der Waals surface area (Å²) in [6, 6.07) is 10.6. The Morgan fingerprint density at radius 2 is 1.97 bits per heavy atom. The number of hydrazone groups is 1. The summed E-state index contributed by atoms with van der Waals surface area (Å²) in [4.78, 5) is 23.8. The number of nitrogens with zero attached hydrogens (tertiary/aromatic N) is 1. The first-order chi connectivity index (χ1) is 16.0. The molecule has 3 rings (SSSR count). The van der Waals surface area contributed by atoms with E-state index in [2.05, 4.69) is 15.8 Å². The van der Waals surface area contributed by atoms with Crippen LogP contribution in [0.25, 0.3) is 0 Å². The van der Waals surface area contributed by atoms with Crippen LogP contribution in [0, 0.1) is 0 Å². The monoisotopic (exact) mass is 493 g/mol. The van der Waals surface area contributed by atoms with Crippen LogP contribution in [0.4, 0.5) is 0 Å². The molecule has 2 aromatic carbocycles. The summed E-state index contributed by atoms with van der Waals surface area (Å²) in [5, 5.41) is 7.32. The van der Waals surface area contributed by atoms with Gasteiger partial charge in [0.1, 0.15) is 6.61 Å². The highest BCUT2D eigenvalue weighted by Gasteiger charge is 2.19. The Morgan fingerprint density at radius 3 is 2.67 bits per heavy atom. The first-order valence-electron chi connectivity index (χ1n) is 10.5. The second kappa shape index (κ2) is 12.4. The molecule has 176 valence electrons. The van der Waals surface area contributed by atoms with Crippen molar-refractivity contribution in [2.24, 2.45) is 5.10 Å². The van der Waals surface area contributed by atoms with E-state index in [1.807, 2.05) is 19.1 Å². The van der Waals surface area contributed by atoms with E-state index < -0.39 is 11.8 Å². The zero-order valence-electron chi connectivity index (χ0n) is 18.1. The van der Waals surface area contributed by atoms with Crippen LogP contribution in [0.1, 0.15) is 30.9 Å². The van der Waals surface area contributed by atoms with Gasteiger partial charge in [0.2, 0.25) is 0 Å². The summed E-state index contributed by atoms with van der Waals surface area (Å²) in [6.45, 7) is 3.49. The van der Waals surface area contributed by atoms with E-state index in [1.165, 1.54) is 6.21 Å². The molecule has 1 aliphatic rings. The molecule has 1 fully saturated rings. The van der Waals surface area contributed by atoms with Crippen molar-refractivity contribution < 1.29 is 23.8 Å². The highest BCUT2D eigenvalue weighted by atomic mass is 35.5. The maximum absolute atomic E-state index is 11.9. The smallest absolute Gasteiger partial charge is 0.329 e. The van der Waals surface area contributed by atoms with Gasteiger partial charge in [-0.3, -0.25) is 9.59 Å². The van der Waals surface area contributed by atoms with Gasteiger partial charge in [0.25, 0.3) is 0 Å². The number of benzene rings is 2. The highest BCUT2D eigenvalue weighted by Crippen LogP contribution is 2.37. The summed E-state index contributed by atoms with van der Waals surface area (Å²) >= 11 is 12.3. The number of ether oxygens (including phenoxy) is 3. The van der Waals surface area contributed by atoms with Gasteiger partial charge in [0, 0.05) is 18.2 Å². The molecule has 8 nitrogen and oxygen atoms in total. The van der Waals surface area contributed by atoms with E-state index >= 15 is 0 Å². The molecular weight excluding hydrogens is 469 g/mol. The molecule has 0 unspecified atom stereocenters. The quantitative estimate of drug-likeness (QED) is 0.315. The van der Waals surface area contributed by atoms with Crippen molar-refractivity contribution in [3.05, 3.63) is 57.6 Å². The van der Waals surface area contributed by atoms with Crippen LogP contribution in [0.3, 0.4) is 0 Å². The van der Waals surface area contributed by atoms with Crippen LogP contribution >= 0.6 is 23.2 Å². The first kappa shape index (κ1) is 24.8. The number of carbonyl (C=O) groups excluding carboxylic acids is 2. The summed E-state index contributed by atoms with van der Waals surface area (Å²) in [5.74, 6) is -0.825. The van der Waals surface area contributed by atoms with Crippen LogP contribution in [-0.2, 0) is 20.9 Å². The molecule has 10 heteroatoms. The van der Waals surface area contributed by atoms with Gasteiger partial charge in [-0.25, -0.2) is 5.43 Å². The topological polar surface area (TPSA) is 98.2 Å². The van der Waals surface area contributed by atoms with Gasteiger partial charge >= 0.3 is 11.8 Å². The SMILES string of the molecule is CCOc1cc(/C=N\NC(=O)C(=O)NC[C@H]2CCCO2)cc(Cl)c1OCc1ccc(Cl)cc1. The standard InChI is InChI=1S/C23H25Cl2N3O5/c1-2-31-20-11-16(10-19(25)21(20)33-14-15-5-7-17(24)8-6-15)12-27-28-23(30)22(29)26-13-18-4-3-9-32-18/h5-8,10-12,18H,2-4,9,13-14H2,1H3,(H,26,29)(H,28,30)/b27-12-/t18-/m1/s1. The van der Waals surface area contributed by atoms with Crippen molar-refractivity contribution in [1.29, 1.82) is 0 Å². The molecule has 0 aromatic heterocycles.